The van der Waals surface area contributed by atoms with Crippen molar-refractivity contribution in [1.82, 2.24) is 15.1 Å². The van der Waals surface area contributed by atoms with Crippen molar-refractivity contribution in [2.75, 3.05) is 18.0 Å². The molecule has 1 aromatic heterocycles. The molecule has 1 aliphatic rings. The van der Waals surface area contributed by atoms with Crippen molar-refractivity contribution in [2.45, 2.75) is 19.4 Å². The van der Waals surface area contributed by atoms with E-state index in [-0.39, 0.29) is 11.7 Å². The summed E-state index contributed by atoms with van der Waals surface area (Å²) >= 11 is 0. The second kappa shape index (κ2) is 7.23. The Morgan fingerprint density at radius 3 is 2.93 bits per heavy atom. The highest BCUT2D eigenvalue weighted by atomic mass is 19.1. The van der Waals surface area contributed by atoms with E-state index in [0.717, 1.165) is 13.0 Å². The van der Waals surface area contributed by atoms with E-state index in [9.17, 15) is 9.18 Å². The highest BCUT2D eigenvalue weighted by molar-refractivity contribution is 5.92. The van der Waals surface area contributed by atoms with Crippen LogP contribution in [0.25, 0.3) is 5.69 Å². The number of carbonyl (C=O) groups excluding carboxylic acids is 1. The smallest absolute Gasteiger partial charge is 0.271 e. The Morgan fingerprint density at radius 2 is 2.07 bits per heavy atom. The van der Waals surface area contributed by atoms with Crippen LogP contribution in [0.2, 0.25) is 0 Å². The van der Waals surface area contributed by atoms with Crippen LogP contribution >= 0.6 is 0 Å². The minimum atomic E-state index is -0.339. The average molecular weight is 364 g/mol. The highest BCUT2D eigenvalue weighted by Crippen LogP contribution is 2.31. The van der Waals surface area contributed by atoms with Crippen LogP contribution in [0.5, 0.6) is 0 Å². The summed E-state index contributed by atoms with van der Waals surface area (Å²) < 4.78 is 14.8. The number of fused-ring (bicyclic) bond motifs is 1. The van der Waals surface area contributed by atoms with Gasteiger partial charge in [-0.05, 0) is 49.2 Å². The van der Waals surface area contributed by atoms with E-state index in [1.165, 1.54) is 28.1 Å². The summed E-state index contributed by atoms with van der Waals surface area (Å²) in [6.45, 7) is 3.47. The van der Waals surface area contributed by atoms with Gasteiger partial charge < -0.3 is 10.2 Å². The molecule has 1 atom stereocenters. The predicted molar refractivity (Wildman–Crippen MR) is 103 cm³/mol. The molecule has 1 amide bonds. The van der Waals surface area contributed by atoms with Crippen LogP contribution in [0.3, 0.4) is 0 Å². The lowest BCUT2D eigenvalue weighted by molar-refractivity contribution is 0.0949. The van der Waals surface area contributed by atoms with Crippen LogP contribution in [-0.2, 0) is 6.42 Å². The first-order valence-corrected chi connectivity index (χ1v) is 9.06. The van der Waals surface area contributed by atoms with Gasteiger partial charge in [0, 0.05) is 31.0 Å². The molecule has 0 aliphatic carbocycles. The van der Waals surface area contributed by atoms with Crippen LogP contribution in [-0.4, -0.2) is 34.8 Å². The van der Waals surface area contributed by atoms with Crippen LogP contribution in [0.4, 0.5) is 10.1 Å². The summed E-state index contributed by atoms with van der Waals surface area (Å²) in [5, 5.41) is 7.17. The fourth-order valence-corrected chi connectivity index (χ4v) is 3.56. The Morgan fingerprint density at radius 1 is 1.22 bits per heavy atom. The molecule has 6 heteroatoms. The Bertz CT molecular complexity index is 968. The summed E-state index contributed by atoms with van der Waals surface area (Å²) in [6.07, 6.45) is 2.69. The van der Waals surface area contributed by atoms with Gasteiger partial charge in [0.15, 0.2) is 5.69 Å². The fraction of sp³-hybridized carbons (Fsp3) is 0.238. The number of nitrogens with one attached hydrogen (secondary N) is 1. The number of hydrogen-bond acceptors (Lipinski definition) is 3. The van der Waals surface area contributed by atoms with E-state index >= 15 is 0 Å². The van der Waals surface area contributed by atoms with Crippen molar-refractivity contribution in [3.05, 3.63) is 77.9 Å². The topological polar surface area (TPSA) is 50.2 Å². The largest absolute Gasteiger partial charge is 0.367 e. The number of anilines is 1. The third-order valence-corrected chi connectivity index (χ3v) is 4.88. The first-order chi connectivity index (χ1) is 13.1. The summed E-state index contributed by atoms with van der Waals surface area (Å²) in [5.74, 6) is -0.570. The van der Waals surface area contributed by atoms with Crippen LogP contribution in [0.15, 0.2) is 60.8 Å². The van der Waals surface area contributed by atoms with Gasteiger partial charge in [-0.15, -0.1) is 0 Å². The van der Waals surface area contributed by atoms with E-state index in [0.29, 0.717) is 24.0 Å². The van der Waals surface area contributed by atoms with Gasteiger partial charge in [0.1, 0.15) is 5.82 Å². The molecular formula is C21H21FN4O. The summed E-state index contributed by atoms with van der Waals surface area (Å²) in [4.78, 5) is 14.7. The second-order valence-corrected chi connectivity index (χ2v) is 6.76. The number of nitrogens with zero attached hydrogens (tertiary/aromatic N) is 3. The van der Waals surface area contributed by atoms with E-state index in [2.05, 4.69) is 40.4 Å². The molecule has 0 saturated heterocycles. The number of para-hydroxylation sites is 1. The van der Waals surface area contributed by atoms with E-state index in [1.54, 1.807) is 24.4 Å². The molecule has 2 heterocycles. The normalized spacial score (nSPS) is 15.6. The number of amides is 1. The first kappa shape index (κ1) is 17.3. The minimum absolute atomic E-state index is 0.231. The lowest BCUT2D eigenvalue weighted by Gasteiger charge is -2.24. The van der Waals surface area contributed by atoms with Crippen molar-refractivity contribution < 1.29 is 9.18 Å². The Hall–Kier alpha value is -3.15. The molecule has 3 aromatic rings. The van der Waals surface area contributed by atoms with Crippen LogP contribution in [0, 0.1) is 5.82 Å². The number of rotatable bonds is 5. The van der Waals surface area contributed by atoms with Gasteiger partial charge >= 0.3 is 0 Å². The zero-order chi connectivity index (χ0) is 18.8. The van der Waals surface area contributed by atoms with Gasteiger partial charge in [0.2, 0.25) is 0 Å². The molecule has 0 fully saturated rings. The monoisotopic (exact) mass is 364 g/mol. The molecule has 1 N–H and O–H groups in total. The molecular weight excluding hydrogens is 343 g/mol. The van der Waals surface area contributed by atoms with Crippen LogP contribution in [0.1, 0.15) is 23.0 Å². The minimum Gasteiger partial charge on any atom is -0.367 e. The maximum Gasteiger partial charge on any atom is 0.271 e. The molecule has 0 spiro atoms. The number of benzene rings is 2. The van der Waals surface area contributed by atoms with Crippen molar-refractivity contribution in [3.8, 4) is 5.69 Å². The second-order valence-electron chi connectivity index (χ2n) is 6.76. The Labute approximate surface area is 157 Å². The fourth-order valence-electron chi connectivity index (χ4n) is 3.56. The Balaban J connectivity index is 1.37. The third-order valence-electron chi connectivity index (χ3n) is 4.88. The highest BCUT2D eigenvalue weighted by Gasteiger charge is 2.25. The van der Waals surface area contributed by atoms with E-state index < -0.39 is 0 Å². The first-order valence-electron chi connectivity index (χ1n) is 9.06. The maximum absolute atomic E-state index is 13.3. The molecule has 2 aromatic carbocycles. The summed E-state index contributed by atoms with van der Waals surface area (Å²) in [6, 6.07) is 16.5. The molecule has 0 radical (unpaired) electrons. The van der Waals surface area contributed by atoms with E-state index in [4.69, 9.17) is 0 Å². The van der Waals surface area contributed by atoms with Gasteiger partial charge in [-0.25, -0.2) is 9.07 Å². The summed E-state index contributed by atoms with van der Waals surface area (Å²) in [7, 11) is 0. The summed E-state index contributed by atoms with van der Waals surface area (Å²) in [5.41, 5.74) is 3.49. The van der Waals surface area contributed by atoms with Crippen molar-refractivity contribution >= 4 is 11.6 Å². The van der Waals surface area contributed by atoms with Crippen molar-refractivity contribution in [1.29, 1.82) is 0 Å². The van der Waals surface area contributed by atoms with Crippen molar-refractivity contribution in [3.63, 3.8) is 0 Å². The molecule has 0 bridgehead atoms. The van der Waals surface area contributed by atoms with Crippen LogP contribution < -0.4 is 10.2 Å². The third kappa shape index (κ3) is 3.56. The van der Waals surface area contributed by atoms with Gasteiger partial charge in [-0.1, -0.05) is 24.3 Å². The molecule has 0 saturated carbocycles. The van der Waals surface area contributed by atoms with Gasteiger partial charge in [0.05, 0.1) is 5.69 Å². The number of carbonyl (C=O) groups is 1. The molecule has 4 rings (SSSR count). The number of aromatic nitrogens is 2. The zero-order valence-electron chi connectivity index (χ0n) is 15.1. The standard InChI is InChI=1S/C21H21FN4O/c1-15-13-16-5-2-3-8-20(16)25(15)12-10-23-21(27)19-9-11-26(24-19)18-7-4-6-17(22)14-18/h2-9,11,14-15H,10,12-13H2,1H3,(H,23,27)/t15-/m0/s1. The molecule has 138 valence electrons. The molecule has 27 heavy (non-hydrogen) atoms. The average Bonchev–Trinajstić information content (AvgIpc) is 3.27. The van der Waals surface area contributed by atoms with Crippen molar-refractivity contribution in [2.24, 2.45) is 0 Å². The van der Waals surface area contributed by atoms with Gasteiger partial charge in [-0.2, -0.15) is 5.10 Å². The SMILES string of the molecule is C[C@H]1Cc2ccccc2N1CCNC(=O)c1ccn(-c2cccc(F)c2)n1. The van der Waals surface area contributed by atoms with Gasteiger partial charge in [-0.3, -0.25) is 4.79 Å². The number of hydrogen-bond donors (Lipinski definition) is 1. The predicted octanol–water partition coefficient (Wildman–Crippen LogP) is 3.19. The molecule has 5 nitrogen and oxygen atoms in total. The molecule has 1 aliphatic heterocycles. The molecule has 0 unspecified atom stereocenters. The lowest BCUT2D eigenvalue weighted by Crippen LogP contribution is -2.38. The Kier molecular flexibility index (Phi) is 4.62. The number of halogens is 1. The lowest BCUT2D eigenvalue weighted by atomic mass is 10.1. The zero-order valence-corrected chi connectivity index (χ0v) is 15.1. The van der Waals surface area contributed by atoms with Gasteiger partial charge in [0.25, 0.3) is 5.91 Å². The van der Waals surface area contributed by atoms with E-state index in [1.807, 2.05) is 6.07 Å². The maximum atomic E-state index is 13.3. The quantitative estimate of drug-likeness (QED) is 0.756.